The van der Waals surface area contributed by atoms with Gasteiger partial charge in [0.15, 0.2) is 0 Å². The quantitative estimate of drug-likeness (QED) is 0.330. The third kappa shape index (κ3) is 7.16. The van der Waals surface area contributed by atoms with E-state index < -0.39 is 8.15 Å². The molecule has 0 aliphatic heterocycles. The summed E-state index contributed by atoms with van der Waals surface area (Å²) < 4.78 is 6.32. The van der Waals surface area contributed by atoms with Gasteiger partial charge in [-0.2, -0.15) is 0 Å². The second-order valence-electron chi connectivity index (χ2n) is 6.27. The van der Waals surface area contributed by atoms with Gasteiger partial charge in [0.05, 0.1) is 14.8 Å². The molecule has 0 saturated carbocycles. The van der Waals surface area contributed by atoms with Gasteiger partial charge in [0, 0.05) is 10.6 Å². The van der Waals surface area contributed by atoms with E-state index in [1.165, 1.54) is 62.0 Å². The molecule has 24 heavy (non-hydrogen) atoms. The van der Waals surface area contributed by atoms with Crippen LogP contribution < -0.4 is 10.6 Å². The minimum Gasteiger partial charge on any atom is -0.350 e. The van der Waals surface area contributed by atoms with Crippen molar-refractivity contribution in [2.75, 3.05) is 6.61 Å². The largest absolute Gasteiger partial charge is 0.350 e. The minimum atomic E-state index is -0.683. The lowest BCUT2D eigenvalue weighted by atomic mass is 10.1. The van der Waals surface area contributed by atoms with Gasteiger partial charge in [0.2, 0.25) is 0 Å². The Morgan fingerprint density at radius 3 is 1.58 bits per heavy atom. The molecule has 2 aromatic rings. The third-order valence-electron chi connectivity index (χ3n) is 4.20. The van der Waals surface area contributed by atoms with Gasteiger partial charge in [-0.1, -0.05) is 113 Å². The van der Waals surface area contributed by atoms with Gasteiger partial charge in [-0.05, 0) is 6.42 Å². The SMILES string of the molecule is CCCCCCCCCCOP(c1ccccc1)c1ccccc1. The number of unbranched alkanes of at least 4 members (excludes halogenated alkanes) is 7. The molecule has 0 radical (unpaired) electrons. The molecule has 0 N–H and O–H groups in total. The Morgan fingerprint density at radius 1 is 0.625 bits per heavy atom. The zero-order chi connectivity index (χ0) is 16.9. The van der Waals surface area contributed by atoms with Gasteiger partial charge in [-0.25, -0.2) is 0 Å². The Balaban J connectivity index is 1.74. The summed E-state index contributed by atoms with van der Waals surface area (Å²) in [4.78, 5) is 0. The summed E-state index contributed by atoms with van der Waals surface area (Å²) >= 11 is 0. The molecule has 0 saturated heterocycles. The Bertz CT molecular complexity index is 487. The standard InChI is InChI=1S/C22H31OP/c1-2-3-4-5-6-7-8-15-20-23-24(21-16-11-9-12-17-21)22-18-13-10-14-19-22/h9-14,16-19H,2-8,15,20H2,1H3. The maximum atomic E-state index is 6.32. The summed E-state index contributed by atoms with van der Waals surface area (Å²) in [7, 11) is -0.683. The second-order valence-corrected chi connectivity index (χ2v) is 8.15. The van der Waals surface area contributed by atoms with Crippen LogP contribution in [0.25, 0.3) is 0 Å². The Labute approximate surface area is 149 Å². The zero-order valence-corrected chi connectivity index (χ0v) is 15.9. The highest BCUT2D eigenvalue weighted by Crippen LogP contribution is 2.34. The Kier molecular flexibility index (Phi) is 9.76. The van der Waals surface area contributed by atoms with E-state index in [2.05, 4.69) is 67.6 Å². The summed E-state index contributed by atoms with van der Waals surface area (Å²) in [5.41, 5.74) is 0. The first kappa shape index (κ1) is 19.2. The molecule has 2 heteroatoms. The monoisotopic (exact) mass is 342 g/mol. The molecule has 0 aliphatic carbocycles. The average Bonchev–Trinajstić information content (AvgIpc) is 2.65. The fourth-order valence-electron chi connectivity index (χ4n) is 2.82. The van der Waals surface area contributed by atoms with Crippen LogP contribution in [0.4, 0.5) is 0 Å². The molecule has 0 spiro atoms. The van der Waals surface area contributed by atoms with Crippen LogP contribution in [-0.2, 0) is 4.52 Å². The van der Waals surface area contributed by atoms with Crippen molar-refractivity contribution in [1.29, 1.82) is 0 Å². The highest BCUT2D eigenvalue weighted by atomic mass is 31.1. The molecule has 0 aliphatic rings. The third-order valence-corrected chi connectivity index (χ3v) is 6.17. The summed E-state index contributed by atoms with van der Waals surface area (Å²) in [5, 5.41) is 2.61. The molecule has 0 amide bonds. The van der Waals surface area contributed by atoms with Gasteiger partial charge in [0.25, 0.3) is 0 Å². The summed E-state index contributed by atoms with van der Waals surface area (Å²) in [5.74, 6) is 0. The lowest BCUT2D eigenvalue weighted by Gasteiger charge is -2.18. The van der Waals surface area contributed by atoms with Crippen molar-refractivity contribution in [1.82, 2.24) is 0 Å². The zero-order valence-electron chi connectivity index (χ0n) is 15.0. The fourth-order valence-corrected chi connectivity index (χ4v) is 4.61. The van der Waals surface area contributed by atoms with Crippen LogP contribution in [0.15, 0.2) is 60.7 Å². The maximum Gasteiger partial charge on any atom is 0.0917 e. The second kappa shape index (κ2) is 12.2. The van der Waals surface area contributed by atoms with E-state index in [0.29, 0.717) is 0 Å². The molecule has 130 valence electrons. The lowest BCUT2D eigenvalue weighted by molar-refractivity contribution is 0.343. The van der Waals surface area contributed by atoms with Crippen molar-refractivity contribution in [2.24, 2.45) is 0 Å². The van der Waals surface area contributed by atoms with E-state index >= 15 is 0 Å². The smallest absolute Gasteiger partial charge is 0.0917 e. The normalized spacial score (nSPS) is 11.1. The van der Waals surface area contributed by atoms with E-state index in [0.717, 1.165) is 6.61 Å². The molecule has 0 aromatic heterocycles. The highest BCUT2D eigenvalue weighted by Gasteiger charge is 2.14. The molecule has 2 rings (SSSR count). The molecule has 0 fully saturated rings. The van der Waals surface area contributed by atoms with Gasteiger partial charge < -0.3 is 4.52 Å². The maximum absolute atomic E-state index is 6.32. The number of benzene rings is 2. The van der Waals surface area contributed by atoms with E-state index in [9.17, 15) is 0 Å². The van der Waals surface area contributed by atoms with E-state index in [4.69, 9.17) is 4.52 Å². The van der Waals surface area contributed by atoms with Gasteiger partial charge in [0.1, 0.15) is 0 Å². The topological polar surface area (TPSA) is 9.23 Å². The molecule has 2 aromatic carbocycles. The molecule has 0 atom stereocenters. The Hall–Kier alpha value is -1.17. The van der Waals surface area contributed by atoms with Crippen LogP contribution in [0, 0.1) is 0 Å². The van der Waals surface area contributed by atoms with Crippen LogP contribution in [-0.4, -0.2) is 6.61 Å². The van der Waals surface area contributed by atoms with E-state index in [-0.39, 0.29) is 0 Å². The predicted octanol–water partition coefficient (Wildman–Crippen LogP) is 6.19. The van der Waals surface area contributed by atoms with Crippen LogP contribution in [0.2, 0.25) is 0 Å². The molecule has 0 unspecified atom stereocenters. The first-order chi connectivity index (χ1) is 11.9. The number of rotatable bonds is 12. The van der Waals surface area contributed by atoms with E-state index in [1.54, 1.807) is 0 Å². The van der Waals surface area contributed by atoms with Crippen molar-refractivity contribution < 1.29 is 4.52 Å². The van der Waals surface area contributed by atoms with Gasteiger partial charge in [-0.15, -0.1) is 0 Å². The first-order valence-electron chi connectivity index (χ1n) is 9.45. The van der Waals surface area contributed by atoms with Crippen LogP contribution in [0.5, 0.6) is 0 Å². The van der Waals surface area contributed by atoms with Gasteiger partial charge in [-0.3, -0.25) is 0 Å². The first-order valence-corrected chi connectivity index (χ1v) is 10.7. The molecule has 0 bridgehead atoms. The molecular formula is C22H31OP. The van der Waals surface area contributed by atoms with Crippen LogP contribution in [0.1, 0.15) is 58.3 Å². The van der Waals surface area contributed by atoms with Crippen molar-refractivity contribution in [3.05, 3.63) is 60.7 Å². The minimum absolute atomic E-state index is 0.683. The predicted molar refractivity (Wildman–Crippen MR) is 108 cm³/mol. The van der Waals surface area contributed by atoms with E-state index in [1.807, 2.05) is 0 Å². The Morgan fingerprint density at radius 2 is 1.08 bits per heavy atom. The fraction of sp³-hybridized carbons (Fsp3) is 0.455. The van der Waals surface area contributed by atoms with Gasteiger partial charge >= 0.3 is 0 Å². The van der Waals surface area contributed by atoms with Crippen LogP contribution in [0.3, 0.4) is 0 Å². The van der Waals surface area contributed by atoms with Crippen molar-refractivity contribution in [2.45, 2.75) is 58.3 Å². The summed E-state index contributed by atoms with van der Waals surface area (Å²) in [6.45, 7) is 3.14. The summed E-state index contributed by atoms with van der Waals surface area (Å²) in [6.07, 6.45) is 10.7. The molecular weight excluding hydrogens is 311 g/mol. The average molecular weight is 342 g/mol. The molecule has 0 heterocycles. The van der Waals surface area contributed by atoms with Crippen molar-refractivity contribution >= 4 is 18.8 Å². The lowest BCUT2D eigenvalue weighted by Crippen LogP contribution is -2.14. The highest BCUT2D eigenvalue weighted by molar-refractivity contribution is 7.68. The van der Waals surface area contributed by atoms with Crippen LogP contribution >= 0.6 is 8.15 Å². The number of hydrogen-bond donors (Lipinski definition) is 0. The van der Waals surface area contributed by atoms with Crippen molar-refractivity contribution in [3.8, 4) is 0 Å². The number of hydrogen-bond acceptors (Lipinski definition) is 1. The molecule has 1 nitrogen and oxygen atoms in total. The summed E-state index contributed by atoms with van der Waals surface area (Å²) in [6, 6.07) is 21.3. The van der Waals surface area contributed by atoms with Crippen molar-refractivity contribution in [3.63, 3.8) is 0 Å².